The molecule has 7 heteroatoms. The molecule has 0 bridgehead atoms. The van der Waals surface area contributed by atoms with Crippen molar-refractivity contribution in [1.29, 1.82) is 0 Å². The van der Waals surface area contributed by atoms with Gasteiger partial charge in [0.1, 0.15) is 46.8 Å². The molecule has 0 aliphatic heterocycles. The number of esters is 1. The molecule has 0 radical (unpaired) electrons. The second-order valence-corrected chi connectivity index (χ2v) is 9.98. The van der Waals surface area contributed by atoms with Crippen molar-refractivity contribution < 1.29 is 39.7 Å². The van der Waals surface area contributed by atoms with Gasteiger partial charge in [0.15, 0.2) is 0 Å². The van der Waals surface area contributed by atoms with Crippen LogP contribution in [0, 0.1) is 17.5 Å². The standard InChI is InChI=1S/C23H19F3O2P.BrH/c1-16(23(27)28-2)15-29(20-9-3-17(24)4-10-20,21-11-5-18(25)6-12-21)22-13-7-19(26)8-14-22;/h3-14H,1,15H2,2H3;1H/q+1;/p-1. The van der Waals surface area contributed by atoms with Crippen LogP contribution in [0.4, 0.5) is 13.2 Å². The van der Waals surface area contributed by atoms with Crippen molar-refractivity contribution >= 4 is 29.1 Å². The number of hydrogen-bond acceptors (Lipinski definition) is 2. The lowest BCUT2D eigenvalue weighted by Gasteiger charge is -2.28. The predicted molar refractivity (Wildman–Crippen MR) is 111 cm³/mol. The summed E-state index contributed by atoms with van der Waals surface area (Å²) in [6.45, 7) is 3.87. The first-order valence-corrected chi connectivity index (χ1v) is 10.8. The van der Waals surface area contributed by atoms with Crippen LogP contribution in [0.5, 0.6) is 0 Å². The fourth-order valence-electron chi connectivity index (χ4n) is 3.30. The monoisotopic (exact) mass is 494 g/mol. The van der Waals surface area contributed by atoms with Crippen molar-refractivity contribution in [1.82, 2.24) is 0 Å². The molecule has 0 amide bonds. The first-order valence-electron chi connectivity index (χ1n) is 8.79. The first kappa shape index (κ1) is 23.8. The second-order valence-electron chi connectivity index (χ2n) is 6.49. The minimum Gasteiger partial charge on any atom is -1.00 e. The summed E-state index contributed by atoms with van der Waals surface area (Å²) in [7, 11) is -1.37. The van der Waals surface area contributed by atoms with E-state index in [4.69, 9.17) is 4.74 Å². The zero-order valence-corrected chi connectivity index (χ0v) is 18.6. The molecule has 30 heavy (non-hydrogen) atoms. The third-order valence-corrected chi connectivity index (χ3v) is 9.10. The summed E-state index contributed by atoms with van der Waals surface area (Å²) in [5.74, 6) is -1.79. The van der Waals surface area contributed by atoms with Gasteiger partial charge in [-0.25, -0.2) is 18.0 Å². The summed E-state index contributed by atoms with van der Waals surface area (Å²) in [5.41, 5.74) is 0.221. The van der Waals surface area contributed by atoms with Crippen LogP contribution in [-0.4, -0.2) is 19.2 Å². The van der Waals surface area contributed by atoms with Crippen LogP contribution in [0.2, 0.25) is 0 Å². The van der Waals surface area contributed by atoms with Crippen LogP contribution < -0.4 is 32.9 Å². The lowest BCUT2D eigenvalue weighted by atomic mass is 10.3. The predicted octanol–water partition coefficient (Wildman–Crippen LogP) is 1.13. The largest absolute Gasteiger partial charge is 1.00 e. The van der Waals surface area contributed by atoms with Crippen molar-refractivity contribution in [2.24, 2.45) is 0 Å². The molecule has 0 heterocycles. The third kappa shape index (κ3) is 4.82. The molecule has 0 N–H and O–H groups in total. The number of benzene rings is 3. The summed E-state index contributed by atoms with van der Waals surface area (Å²) in [6, 6.07) is 17.8. The van der Waals surface area contributed by atoms with Crippen LogP contribution >= 0.6 is 7.26 Å². The fraction of sp³-hybridized carbons (Fsp3) is 0.0870. The fourth-order valence-corrected chi connectivity index (χ4v) is 7.42. The Bertz CT molecular complexity index is 909. The van der Waals surface area contributed by atoms with Crippen molar-refractivity contribution in [3.8, 4) is 0 Å². The molecule has 0 aliphatic rings. The summed E-state index contributed by atoms with van der Waals surface area (Å²) in [6.07, 6.45) is 0.183. The van der Waals surface area contributed by atoms with Crippen LogP contribution in [0.3, 0.4) is 0 Å². The van der Waals surface area contributed by atoms with Gasteiger partial charge in [0.05, 0.1) is 12.7 Å². The molecule has 0 atom stereocenters. The van der Waals surface area contributed by atoms with E-state index in [1.54, 1.807) is 36.4 Å². The quantitative estimate of drug-likeness (QED) is 0.292. The Morgan fingerprint density at radius 3 is 1.33 bits per heavy atom. The van der Waals surface area contributed by atoms with E-state index < -0.39 is 30.7 Å². The van der Waals surface area contributed by atoms with Gasteiger partial charge in [-0.05, 0) is 72.8 Å². The Kier molecular flexibility index (Phi) is 7.99. The van der Waals surface area contributed by atoms with Gasteiger partial charge < -0.3 is 21.7 Å². The zero-order valence-electron chi connectivity index (χ0n) is 16.1. The number of carbonyl (C=O) groups excluding carboxylic acids is 1. The highest BCUT2D eigenvalue weighted by Gasteiger charge is 2.47. The lowest BCUT2D eigenvalue weighted by molar-refractivity contribution is -0.135. The number of methoxy groups -OCH3 is 1. The Morgan fingerprint density at radius 2 is 1.07 bits per heavy atom. The molecule has 2 nitrogen and oxygen atoms in total. The van der Waals surface area contributed by atoms with Crippen LogP contribution in [0.15, 0.2) is 84.9 Å². The van der Waals surface area contributed by atoms with Gasteiger partial charge in [-0.2, -0.15) is 0 Å². The Balaban J connectivity index is 0.00000320. The van der Waals surface area contributed by atoms with E-state index in [2.05, 4.69) is 6.58 Å². The number of carbonyl (C=O) groups is 1. The number of hydrogen-bond donors (Lipinski definition) is 0. The SMILES string of the molecule is C=C(C[P+](c1ccc(F)cc1)(c1ccc(F)cc1)c1ccc(F)cc1)C(=O)OC.[Br-]. The Labute approximate surface area is 184 Å². The van der Waals surface area contributed by atoms with E-state index in [0.29, 0.717) is 0 Å². The summed E-state index contributed by atoms with van der Waals surface area (Å²) >= 11 is 0. The van der Waals surface area contributed by atoms with E-state index in [1.165, 1.54) is 43.5 Å². The van der Waals surface area contributed by atoms with Crippen LogP contribution in [-0.2, 0) is 9.53 Å². The zero-order chi connectivity index (χ0) is 21.0. The molecular formula is C23H19BrF3O2P. The van der Waals surface area contributed by atoms with E-state index in [-0.39, 0.29) is 28.7 Å². The number of rotatable bonds is 6. The molecule has 0 aromatic heterocycles. The number of ether oxygens (including phenoxy) is 1. The van der Waals surface area contributed by atoms with Crippen molar-refractivity contribution in [2.75, 3.05) is 13.3 Å². The molecule has 3 aromatic rings. The van der Waals surface area contributed by atoms with E-state index in [1.807, 2.05) is 0 Å². The Hall–Kier alpha value is -2.43. The molecule has 0 aliphatic carbocycles. The van der Waals surface area contributed by atoms with Gasteiger partial charge in [0.2, 0.25) is 0 Å². The highest BCUT2D eigenvalue weighted by Crippen LogP contribution is 2.56. The smallest absolute Gasteiger partial charge is 0.336 e. The van der Waals surface area contributed by atoms with Crippen molar-refractivity contribution in [3.05, 3.63) is 102 Å². The van der Waals surface area contributed by atoms with Gasteiger partial charge in [0, 0.05) is 0 Å². The van der Waals surface area contributed by atoms with Gasteiger partial charge >= 0.3 is 5.97 Å². The van der Waals surface area contributed by atoms with Crippen LogP contribution in [0.25, 0.3) is 0 Å². The third-order valence-electron chi connectivity index (χ3n) is 4.70. The van der Waals surface area contributed by atoms with Gasteiger partial charge in [0.25, 0.3) is 0 Å². The topological polar surface area (TPSA) is 26.3 Å². The highest BCUT2D eigenvalue weighted by molar-refractivity contribution is 7.95. The highest BCUT2D eigenvalue weighted by atomic mass is 79.9. The van der Waals surface area contributed by atoms with Crippen molar-refractivity contribution in [3.63, 3.8) is 0 Å². The minimum absolute atomic E-state index is 0. The molecule has 0 saturated carbocycles. The normalized spacial score (nSPS) is 10.8. The van der Waals surface area contributed by atoms with E-state index in [9.17, 15) is 18.0 Å². The molecule has 3 aromatic carbocycles. The van der Waals surface area contributed by atoms with Gasteiger partial charge in [-0.3, -0.25) is 0 Å². The lowest BCUT2D eigenvalue weighted by Crippen LogP contribution is -3.00. The minimum atomic E-state index is -2.64. The molecular weight excluding hydrogens is 476 g/mol. The van der Waals surface area contributed by atoms with Gasteiger partial charge in [-0.1, -0.05) is 6.58 Å². The average Bonchev–Trinajstić information content (AvgIpc) is 2.73. The molecule has 0 unspecified atom stereocenters. The van der Waals surface area contributed by atoms with E-state index in [0.717, 1.165) is 15.9 Å². The summed E-state index contributed by atoms with van der Waals surface area (Å²) < 4.78 is 45.8. The van der Waals surface area contributed by atoms with Gasteiger partial charge in [-0.15, -0.1) is 0 Å². The van der Waals surface area contributed by atoms with Crippen molar-refractivity contribution in [2.45, 2.75) is 0 Å². The molecule has 0 saturated heterocycles. The van der Waals surface area contributed by atoms with E-state index >= 15 is 0 Å². The summed E-state index contributed by atoms with van der Waals surface area (Å²) in [5, 5.41) is 2.26. The molecule has 0 spiro atoms. The second kappa shape index (κ2) is 10.1. The summed E-state index contributed by atoms with van der Waals surface area (Å²) in [4.78, 5) is 12.2. The first-order chi connectivity index (χ1) is 13.9. The Morgan fingerprint density at radius 1 is 0.767 bits per heavy atom. The van der Waals surface area contributed by atoms with Crippen LogP contribution in [0.1, 0.15) is 0 Å². The number of halogens is 4. The molecule has 3 rings (SSSR count). The molecule has 156 valence electrons. The maximum absolute atomic E-state index is 13.7. The maximum atomic E-state index is 13.7. The molecule has 0 fully saturated rings. The average molecular weight is 495 g/mol. The maximum Gasteiger partial charge on any atom is 0.336 e.